The Morgan fingerprint density at radius 3 is 2.41 bits per heavy atom. The summed E-state index contributed by atoms with van der Waals surface area (Å²) in [6.07, 6.45) is 3.37. The number of carbonyl (C=O) groups excluding carboxylic acids is 1. The zero-order valence-electron chi connectivity index (χ0n) is 11.0. The molecule has 1 aromatic rings. The molecule has 0 saturated heterocycles. The molecule has 0 N–H and O–H groups in total. The number of allylic oxidation sites excluding steroid dienone is 1. The Balaban J connectivity index is 3.44. The molecule has 92 valence electrons. The minimum atomic E-state index is 0.0138. The van der Waals surface area contributed by atoms with Gasteiger partial charge in [0.25, 0.3) is 0 Å². The normalized spacial score (nSPS) is 11.1. The monoisotopic (exact) mass is 232 g/mol. The molecule has 0 bridgehead atoms. The molecule has 1 aromatic carbocycles. The van der Waals surface area contributed by atoms with Crippen molar-refractivity contribution < 1.29 is 9.53 Å². The highest BCUT2D eigenvalue weighted by atomic mass is 16.5. The van der Waals surface area contributed by atoms with E-state index < -0.39 is 0 Å². The van der Waals surface area contributed by atoms with Gasteiger partial charge in [-0.25, -0.2) is 0 Å². The summed E-state index contributed by atoms with van der Waals surface area (Å²) in [5.74, 6) is 0.660. The van der Waals surface area contributed by atoms with E-state index in [1.54, 1.807) is 7.11 Å². The van der Waals surface area contributed by atoms with Crippen LogP contribution in [0.1, 0.15) is 42.3 Å². The molecule has 0 fully saturated rings. The molecular formula is C15H20O2. The number of ether oxygens (including phenoxy) is 1. The SMILES string of the molecule is C=CCc1cc(C(C)(C)C)cc(C=O)c1OC. The lowest BCUT2D eigenvalue weighted by Gasteiger charge is -2.22. The molecule has 0 amide bonds. The second-order valence-electron chi connectivity index (χ2n) is 5.12. The van der Waals surface area contributed by atoms with Crippen molar-refractivity contribution in [3.63, 3.8) is 0 Å². The van der Waals surface area contributed by atoms with Crippen LogP contribution in [0.2, 0.25) is 0 Å². The Morgan fingerprint density at radius 1 is 1.35 bits per heavy atom. The van der Waals surface area contributed by atoms with Crippen LogP contribution in [0, 0.1) is 0 Å². The fourth-order valence-corrected chi connectivity index (χ4v) is 1.79. The summed E-state index contributed by atoms with van der Waals surface area (Å²) < 4.78 is 5.31. The van der Waals surface area contributed by atoms with E-state index in [2.05, 4.69) is 33.4 Å². The average Bonchev–Trinajstić information content (AvgIpc) is 2.27. The van der Waals surface area contributed by atoms with Crippen molar-refractivity contribution in [1.82, 2.24) is 0 Å². The molecule has 17 heavy (non-hydrogen) atoms. The molecule has 0 aliphatic heterocycles. The maximum absolute atomic E-state index is 11.1. The zero-order valence-corrected chi connectivity index (χ0v) is 11.0. The summed E-state index contributed by atoms with van der Waals surface area (Å²) in [6, 6.07) is 3.99. The Hall–Kier alpha value is -1.57. The first-order chi connectivity index (χ1) is 7.93. The van der Waals surface area contributed by atoms with Gasteiger partial charge in [-0.3, -0.25) is 4.79 Å². The van der Waals surface area contributed by atoms with E-state index in [0.717, 1.165) is 17.4 Å². The lowest BCUT2D eigenvalue weighted by atomic mass is 9.84. The fourth-order valence-electron chi connectivity index (χ4n) is 1.79. The van der Waals surface area contributed by atoms with Gasteiger partial charge in [0.15, 0.2) is 6.29 Å². The molecule has 0 atom stereocenters. The largest absolute Gasteiger partial charge is 0.496 e. The van der Waals surface area contributed by atoms with Crippen LogP contribution < -0.4 is 4.74 Å². The molecule has 0 spiro atoms. The third-order valence-electron chi connectivity index (χ3n) is 2.76. The van der Waals surface area contributed by atoms with Crippen molar-refractivity contribution in [2.75, 3.05) is 7.11 Å². The average molecular weight is 232 g/mol. The maximum atomic E-state index is 11.1. The standard InChI is InChI=1S/C15H20O2/c1-6-7-11-8-13(15(2,3)4)9-12(10-16)14(11)17-5/h6,8-10H,1,7H2,2-5H3. The van der Waals surface area contributed by atoms with E-state index in [0.29, 0.717) is 17.7 Å². The molecule has 0 radical (unpaired) electrons. The van der Waals surface area contributed by atoms with E-state index in [1.165, 1.54) is 0 Å². The van der Waals surface area contributed by atoms with Crippen molar-refractivity contribution in [1.29, 1.82) is 0 Å². The molecule has 2 nitrogen and oxygen atoms in total. The summed E-state index contributed by atoms with van der Waals surface area (Å²) in [5.41, 5.74) is 2.77. The summed E-state index contributed by atoms with van der Waals surface area (Å²) >= 11 is 0. The van der Waals surface area contributed by atoms with Crippen molar-refractivity contribution in [3.8, 4) is 5.75 Å². The number of methoxy groups -OCH3 is 1. The van der Waals surface area contributed by atoms with Crippen molar-refractivity contribution >= 4 is 6.29 Å². The van der Waals surface area contributed by atoms with Gasteiger partial charge in [-0.1, -0.05) is 32.9 Å². The molecule has 0 heterocycles. The lowest BCUT2D eigenvalue weighted by molar-refractivity contribution is 0.112. The van der Waals surface area contributed by atoms with Gasteiger partial charge in [0.05, 0.1) is 12.7 Å². The molecular weight excluding hydrogens is 212 g/mol. The van der Waals surface area contributed by atoms with Gasteiger partial charge in [-0.15, -0.1) is 6.58 Å². The highest BCUT2D eigenvalue weighted by molar-refractivity contribution is 5.81. The van der Waals surface area contributed by atoms with Crippen LogP contribution in [-0.2, 0) is 11.8 Å². The predicted molar refractivity (Wildman–Crippen MR) is 71.0 cm³/mol. The third kappa shape index (κ3) is 2.96. The van der Waals surface area contributed by atoms with Crippen molar-refractivity contribution in [2.45, 2.75) is 32.6 Å². The quantitative estimate of drug-likeness (QED) is 0.586. The first kappa shape index (κ1) is 13.5. The molecule has 0 saturated carbocycles. The van der Waals surface area contributed by atoms with E-state index in [1.807, 2.05) is 12.1 Å². The minimum absolute atomic E-state index is 0.0138. The summed E-state index contributed by atoms with van der Waals surface area (Å²) in [5, 5.41) is 0. The number of hydrogen-bond acceptors (Lipinski definition) is 2. The van der Waals surface area contributed by atoms with Crippen LogP contribution in [0.3, 0.4) is 0 Å². The highest BCUT2D eigenvalue weighted by Gasteiger charge is 2.18. The Kier molecular flexibility index (Phi) is 4.11. The topological polar surface area (TPSA) is 26.3 Å². The first-order valence-corrected chi connectivity index (χ1v) is 5.71. The highest BCUT2D eigenvalue weighted by Crippen LogP contribution is 2.31. The third-order valence-corrected chi connectivity index (χ3v) is 2.76. The van der Waals surface area contributed by atoms with Gasteiger partial charge in [0.1, 0.15) is 5.75 Å². The number of hydrogen-bond donors (Lipinski definition) is 0. The molecule has 0 aromatic heterocycles. The number of aldehydes is 1. The minimum Gasteiger partial charge on any atom is -0.496 e. The fraction of sp³-hybridized carbons (Fsp3) is 0.400. The molecule has 0 aliphatic rings. The van der Waals surface area contributed by atoms with Gasteiger partial charge in [0, 0.05) is 0 Å². The summed E-state index contributed by atoms with van der Waals surface area (Å²) in [6.45, 7) is 10.1. The van der Waals surface area contributed by atoms with E-state index in [4.69, 9.17) is 4.74 Å². The molecule has 2 heteroatoms. The van der Waals surface area contributed by atoms with Gasteiger partial charge in [-0.2, -0.15) is 0 Å². The second kappa shape index (κ2) is 5.17. The lowest BCUT2D eigenvalue weighted by Crippen LogP contribution is -2.13. The van der Waals surface area contributed by atoms with Crippen LogP contribution >= 0.6 is 0 Å². The van der Waals surface area contributed by atoms with Crippen LogP contribution in [-0.4, -0.2) is 13.4 Å². The Bertz CT molecular complexity index is 425. The number of benzene rings is 1. The number of carbonyl (C=O) groups is 1. The van der Waals surface area contributed by atoms with E-state index >= 15 is 0 Å². The van der Waals surface area contributed by atoms with Gasteiger partial charge < -0.3 is 4.74 Å². The first-order valence-electron chi connectivity index (χ1n) is 5.71. The van der Waals surface area contributed by atoms with Crippen LogP contribution in [0.5, 0.6) is 5.75 Å². The predicted octanol–water partition coefficient (Wildman–Crippen LogP) is 3.53. The Morgan fingerprint density at radius 2 is 2.00 bits per heavy atom. The summed E-state index contributed by atoms with van der Waals surface area (Å²) in [4.78, 5) is 11.1. The van der Waals surface area contributed by atoms with E-state index in [-0.39, 0.29) is 5.41 Å². The van der Waals surface area contributed by atoms with Crippen molar-refractivity contribution in [2.24, 2.45) is 0 Å². The van der Waals surface area contributed by atoms with Crippen LogP contribution in [0.4, 0.5) is 0 Å². The smallest absolute Gasteiger partial charge is 0.153 e. The molecule has 1 rings (SSSR count). The van der Waals surface area contributed by atoms with Gasteiger partial charge in [-0.05, 0) is 29.0 Å². The van der Waals surface area contributed by atoms with E-state index in [9.17, 15) is 4.79 Å². The molecule has 0 unspecified atom stereocenters. The summed E-state index contributed by atoms with van der Waals surface area (Å²) in [7, 11) is 1.59. The number of rotatable bonds is 4. The van der Waals surface area contributed by atoms with Gasteiger partial charge >= 0.3 is 0 Å². The maximum Gasteiger partial charge on any atom is 0.153 e. The van der Waals surface area contributed by atoms with Crippen molar-refractivity contribution in [3.05, 3.63) is 41.5 Å². The molecule has 0 aliphatic carbocycles. The van der Waals surface area contributed by atoms with Crippen LogP contribution in [0.25, 0.3) is 0 Å². The zero-order chi connectivity index (χ0) is 13.1. The van der Waals surface area contributed by atoms with Crippen LogP contribution in [0.15, 0.2) is 24.8 Å². The van der Waals surface area contributed by atoms with Gasteiger partial charge in [0.2, 0.25) is 0 Å². The Labute approximate surface area is 103 Å². The second-order valence-corrected chi connectivity index (χ2v) is 5.12.